The first kappa shape index (κ1) is 31.2. The van der Waals surface area contributed by atoms with E-state index in [0.717, 1.165) is 16.7 Å². The van der Waals surface area contributed by atoms with Crippen molar-refractivity contribution in [3.05, 3.63) is 108 Å². The Morgan fingerprint density at radius 2 is 1.17 bits per heavy atom. The topological polar surface area (TPSA) is 134 Å². The van der Waals surface area contributed by atoms with E-state index < -0.39 is 53.4 Å². The molecule has 216 valence electrons. The zero-order valence-corrected chi connectivity index (χ0v) is 24.1. The van der Waals surface area contributed by atoms with Crippen LogP contribution in [-0.2, 0) is 23.9 Å². The molecule has 3 amide bonds. The van der Waals surface area contributed by atoms with Gasteiger partial charge in [-0.05, 0) is 37.5 Å². The summed E-state index contributed by atoms with van der Waals surface area (Å²) in [7, 11) is 0. The minimum Gasteiger partial charge on any atom is -0.480 e. The molecular weight excluding hydrogens is 542 g/mol. The van der Waals surface area contributed by atoms with Gasteiger partial charge in [0.2, 0.25) is 11.8 Å². The summed E-state index contributed by atoms with van der Waals surface area (Å²) in [5.41, 5.74) is 2.16. The SMILES string of the molecule is CC(C)(C)OC(=O)NCC(=O)NCC(=O)NC(CSC(c1ccccc1)(c1ccccc1)c1ccccc1)C(=O)O. The van der Waals surface area contributed by atoms with Gasteiger partial charge in [0.1, 0.15) is 18.2 Å². The summed E-state index contributed by atoms with van der Waals surface area (Å²) >= 11 is 1.40. The summed E-state index contributed by atoms with van der Waals surface area (Å²) in [6.45, 7) is 4.23. The van der Waals surface area contributed by atoms with Gasteiger partial charge in [-0.15, -0.1) is 11.8 Å². The van der Waals surface area contributed by atoms with Crippen molar-refractivity contribution < 1.29 is 29.0 Å². The lowest BCUT2D eigenvalue weighted by Gasteiger charge is -2.36. The molecule has 0 spiro atoms. The summed E-state index contributed by atoms with van der Waals surface area (Å²) in [5.74, 6) is -2.46. The van der Waals surface area contributed by atoms with Crippen molar-refractivity contribution in [3.63, 3.8) is 0 Å². The lowest BCUT2D eigenvalue weighted by atomic mass is 9.84. The van der Waals surface area contributed by atoms with Gasteiger partial charge in [0.25, 0.3) is 0 Å². The van der Waals surface area contributed by atoms with Crippen LogP contribution < -0.4 is 16.0 Å². The average molecular weight is 578 g/mol. The molecule has 1 atom stereocenters. The van der Waals surface area contributed by atoms with Gasteiger partial charge in [0.15, 0.2) is 0 Å². The number of hydrogen-bond acceptors (Lipinski definition) is 6. The smallest absolute Gasteiger partial charge is 0.408 e. The Labute approximate surface area is 244 Å². The van der Waals surface area contributed by atoms with Crippen LogP contribution in [0.5, 0.6) is 0 Å². The van der Waals surface area contributed by atoms with Crippen molar-refractivity contribution in [1.82, 2.24) is 16.0 Å². The summed E-state index contributed by atoms with van der Waals surface area (Å²) < 4.78 is 4.31. The van der Waals surface area contributed by atoms with Crippen LogP contribution in [0.3, 0.4) is 0 Å². The molecule has 0 fully saturated rings. The Kier molecular flexibility index (Phi) is 10.9. The minimum atomic E-state index is -1.24. The number of aliphatic carboxylic acids is 1. The normalized spacial score (nSPS) is 12.1. The number of hydrogen-bond donors (Lipinski definition) is 4. The van der Waals surface area contributed by atoms with Crippen LogP contribution in [0.25, 0.3) is 0 Å². The second-order valence-corrected chi connectivity index (χ2v) is 11.4. The molecule has 0 bridgehead atoms. The molecule has 3 rings (SSSR count). The highest BCUT2D eigenvalue weighted by Gasteiger charge is 2.38. The third-order valence-corrected chi connectivity index (χ3v) is 7.52. The largest absolute Gasteiger partial charge is 0.480 e. The molecule has 0 aromatic heterocycles. The number of rotatable bonds is 12. The number of nitrogens with one attached hydrogen (secondary N) is 3. The Balaban J connectivity index is 1.73. The number of benzene rings is 3. The molecule has 41 heavy (non-hydrogen) atoms. The van der Waals surface area contributed by atoms with E-state index in [0.29, 0.717) is 0 Å². The van der Waals surface area contributed by atoms with E-state index in [1.807, 2.05) is 91.0 Å². The van der Waals surface area contributed by atoms with Crippen LogP contribution in [-0.4, -0.2) is 59.5 Å². The predicted molar refractivity (Wildman–Crippen MR) is 158 cm³/mol. The number of carboxylic acid groups (broad SMARTS) is 1. The average Bonchev–Trinajstić information content (AvgIpc) is 2.95. The molecule has 0 saturated heterocycles. The highest BCUT2D eigenvalue weighted by Crippen LogP contribution is 2.48. The monoisotopic (exact) mass is 577 g/mol. The van der Waals surface area contributed by atoms with E-state index in [1.54, 1.807) is 20.8 Å². The quantitative estimate of drug-likeness (QED) is 0.240. The molecule has 0 aliphatic carbocycles. The lowest BCUT2D eigenvalue weighted by molar-refractivity contribution is -0.141. The zero-order chi connectivity index (χ0) is 29.9. The fraction of sp³-hybridized carbons (Fsp3) is 0.290. The summed E-state index contributed by atoms with van der Waals surface area (Å²) in [4.78, 5) is 48.6. The zero-order valence-electron chi connectivity index (χ0n) is 23.3. The molecule has 0 aliphatic heterocycles. The van der Waals surface area contributed by atoms with Crippen LogP contribution in [0.4, 0.5) is 4.79 Å². The van der Waals surface area contributed by atoms with Crippen molar-refractivity contribution in [2.24, 2.45) is 0 Å². The molecule has 3 aromatic carbocycles. The summed E-state index contributed by atoms with van der Waals surface area (Å²) in [6, 6.07) is 28.2. The van der Waals surface area contributed by atoms with Gasteiger partial charge in [-0.3, -0.25) is 9.59 Å². The standard InChI is InChI=1S/C31H35N3O6S/c1-30(2,3)40-29(39)33-19-26(35)32-20-27(36)34-25(28(37)38)21-41-31(22-13-7-4-8-14-22,23-15-9-5-10-16-23)24-17-11-6-12-18-24/h4-18,25H,19-21H2,1-3H3,(H,32,35)(H,33,39)(H,34,36)(H,37,38). The Morgan fingerprint density at radius 3 is 1.59 bits per heavy atom. The second-order valence-electron chi connectivity index (χ2n) is 10.2. The number of amides is 3. The highest BCUT2D eigenvalue weighted by atomic mass is 32.2. The van der Waals surface area contributed by atoms with Crippen LogP contribution in [0.2, 0.25) is 0 Å². The van der Waals surface area contributed by atoms with E-state index in [2.05, 4.69) is 16.0 Å². The number of carbonyl (C=O) groups is 4. The number of ether oxygens (including phenoxy) is 1. The van der Waals surface area contributed by atoms with Crippen molar-refractivity contribution in [3.8, 4) is 0 Å². The van der Waals surface area contributed by atoms with Gasteiger partial charge in [-0.2, -0.15) is 0 Å². The van der Waals surface area contributed by atoms with Gasteiger partial charge in [0, 0.05) is 5.75 Å². The number of alkyl carbamates (subject to hydrolysis) is 1. The fourth-order valence-electron chi connectivity index (χ4n) is 4.10. The third-order valence-electron chi connectivity index (χ3n) is 5.88. The van der Waals surface area contributed by atoms with E-state index in [9.17, 15) is 24.3 Å². The van der Waals surface area contributed by atoms with Crippen molar-refractivity contribution in [1.29, 1.82) is 0 Å². The van der Waals surface area contributed by atoms with E-state index in [4.69, 9.17) is 4.74 Å². The fourth-order valence-corrected chi connectivity index (χ4v) is 5.66. The van der Waals surface area contributed by atoms with E-state index in [-0.39, 0.29) is 5.75 Å². The van der Waals surface area contributed by atoms with Gasteiger partial charge >= 0.3 is 12.1 Å². The molecule has 10 heteroatoms. The number of carboxylic acids is 1. The van der Waals surface area contributed by atoms with E-state index in [1.165, 1.54) is 11.8 Å². The van der Waals surface area contributed by atoms with Crippen LogP contribution in [0.1, 0.15) is 37.5 Å². The Morgan fingerprint density at radius 1 is 0.732 bits per heavy atom. The van der Waals surface area contributed by atoms with Crippen LogP contribution in [0, 0.1) is 0 Å². The minimum absolute atomic E-state index is 0.0356. The van der Waals surface area contributed by atoms with Gasteiger partial charge in [-0.1, -0.05) is 91.0 Å². The molecule has 4 N–H and O–H groups in total. The Hall–Kier alpha value is -4.31. The van der Waals surface area contributed by atoms with Gasteiger partial charge in [-0.25, -0.2) is 9.59 Å². The highest BCUT2D eigenvalue weighted by molar-refractivity contribution is 8.00. The second kappa shape index (κ2) is 14.4. The first-order valence-corrected chi connectivity index (χ1v) is 14.1. The van der Waals surface area contributed by atoms with Crippen molar-refractivity contribution in [2.45, 2.75) is 37.2 Å². The molecular formula is C31H35N3O6S. The molecule has 9 nitrogen and oxygen atoms in total. The van der Waals surface area contributed by atoms with Gasteiger partial charge < -0.3 is 25.8 Å². The maximum atomic E-state index is 12.6. The first-order chi connectivity index (χ1) is 19.5. The van der Waals surface area contributed by atoms with E-state index >= 15 is 0 Å². The van der Waals surface area contributed by atoms with Gasteiger partial charge in [0.05, 0.1) is 11.3 Å². The molecule has 1 unspecified atom stereocenters. The molecule has 0 aliphatic rings. The maximum Gasteiger partial charge on any atom is 0.408 e. The predicted octanol–water partition coefficient (Wildman–Crippen LogP) is 3.92. The molecule has 3 aromatic rings. The number of thioether (sulfide) groups is 1. The van der Waals surface area contributed by atoms with Crippen molar-refractivity contribution >= 4 is 35.6 Å². The summed E-state index contributed by atoms with van der Waals surface area (Å²) in [6.07, 6.45) is -0.765. The van der Waals surface area contributed by atoms with Crippen LogP contribution in [0.15, 0.2) is 91.0 Å². The van der Waals surface area contributed by atoms with Crippen molar-refractivity contribution in [2.75, 3.05) is 18.8 Å². The molecule has 0 radical (unpaired) electrons. The van der Waals surface area contributed by atoms with Crippen LogP contribution >= 0.6 is 11.8 Å². The summed E-state index contributed by atoms with van der Waals surface area (Å²) in [5, 5.41) is 17.2. The Bertz CT molecular complexity index is 1220. The maximum absolute atomic E-state index is 12.6. The number of carbonyl (C=O) groups excluding carboxylic acids is 3. The first-order valence-electron chi connectivity index (χ1n) is 13.1. The molecule has 0 saturated carbocycles. The third kappa shape index (κ3) is 9.11. The molecule has 0 heterocycles. The lowest BCUT2D eigenvalue weighted by Crippen LogP contribution is -2.48.